The summed E-state index contributed by atoms with van der Waals surface area (Å²) < 4.78 is 30.5. The molecule has 192 valence electrons. The zero-order valence-electron chi connectivity index (χ0n) is 20.4. The molecule has 0 unspecified atom stereocenters. The second-order valence-corrected chi connectivity index (χ2v) is 11.6. The summed E-state index contributed by atoms with van der Waals surface area (Å²) in [6, 6.07) is 22.7. The minimum absolute atomic E-state index is 0. The van der Waals surface area contributed by atoms with E-state index in [1.807, 2.05) is 47.0 Å². The van der Waals surface area contributed by atoms with Gasteiger partial charge in [-0.15, -0.1) is 10.2 Å². The quantitative estimate of drug-likeness (QED) is 0.203. The molecule has 5 rings (SSSR count). The number of amides is 1. The number of thiazole rings is 1. The van der Waals surface area contributed by atoms with Crippen LogP contribution >= 0.6 is 34.7 Å². The molecule has 0 aliphatic heterocycles. The molecule has 0 radical (unpaired) electrons. The van der Waals surface area contributed by atoms with Crippen molar-refractivity contribution in [1.29, 1.82) is 0 Å². The zero-order chi connectivity index (χ0) is 26.5. The summed E-state index contributed by atoms with van der Waals surface area (Å²) in [5, 5.41) is 14.4. The first-order valence-corrected chi connectivity index (χ1v) is 14.7. The van der Waals surface area contributed by atoms with Crippen LogP contribution in [-0.2, 0) is 14.8 Å². The molecule has 0 saturated heterocycles. The van der Waals surface area contributed by atoms with Gasteiger partial charge < -0.3 is 15.0 Å². The molecule has 1 amide bonds. The molecule has 0 spiro atoms. The van der Waals surface area contributed by atoms with Gasteiger partial charge in [-0.05, 0) is 53.9 Å². The molecule has 2 heterocycles. The molecule has 0 fully saturated rings. The summed E-state index contributed by atoms with van der Waals surface area (Å²) in [6.45, 7) is 0. The Labute approximate surface area is 260 Å². The molecular formula is C25H18ClN6NaO3S3. The molecular weight excluding hydrogens is 587 g/mol. The molecule has 9 nitrogen and oxygen atoms in total. The van der Waals surface area contributed by atoms with Crippen LogP contribution in [0.4, 0.5) is 10.8 Å². The number of aromatic nitrogens is 4. The molecule has 0 aliphatic carbocycles. The van der Waals surface area contributed by atoms with Crippen molar-refractivity contribution in [2.75, 3.05) is 11.1 Å². The van der Waals surface area contributed by atoms with E-state index in [-0.39, 0.29) is 51.2 Å². The third-order valence-electron chi connectivity index (χ3n) is 5.12. The third-order valence-corrected chi connectivity index (χ3v) is 8.34. The van der Waals surface area contributed by atoms with Gasteiger partial charge in [-0.1, -0.05) is 59.9 Å². The van der Waals surface area contributed by atoms with Crippen LogP contribution in [-0.4, -0.2) is 39.8 Å². The van der Waals surface area contributed by atoms with Crippen molar-refractivity contribution in [3.8, 4) is 17.1 Å². The van der Waals surface area contributed by atoms with Gasteiger partial charge in [0.2, 0.25) is 15.9 Å². The van der Waals surface area contributed by atoms with E-state index in [9.17, 15) is 13.2 Å². The fraction of sp³-hybridized carbons (Fsp3) is 0.0400. The largest absolute Gasteiger partial charge is 1.00 e. The minimum atomic E-state index is -3.90. The number of sulfonamides is 1. The first-order valence-electron chi connectivity index (χ1n) is 11.1. The maximum absolute atomic E-state index is 12.7. The molecule has 5 aromatic rings. The third kappa shape index (κ3) is 7.28. The van der Waals surface area contributed by atoms with Crippen molar-refractivity contribution in [2.24, 2.45) is 0 Å². The van der Waals surface area contributed by atoms with Crippen LogP contribution in [0.5, 0.6) is 0 Å². The average Bonchev–Trinajstić information content (AvgIpc) is 3.58. The van der Waals surface area contributed by atoms with E-state index in [4.69, 9.17) is 11.6 Å². The Balaban J connectivity index is 0.00000353. The number of nitrogens with zero attached hydrogens (tertiary/aromatic N) is 5. The summed E-state index contributed by atoms with van der Waals surface area (Å²) in [5.74, 6) is 0.367. The van der Waals surface area contributed by atoms with Gasteiger partial charge in [-0.2, -0.15) is 11.3 Å². The second-order valence-electron chi connectivity index (χ2n) is 7.73. The maximum atomic E-state index is 12.7. The normalized spacial score (nSPS) is 11.0. The first-order chi connectivity index (χ1) is 18.4. The SMILES string of the molecule is O=C(CSc1nnc(-c2cccc(Cl)c2)n1-c1ccccc1)Nc1ccc(S(=O)(=O)[N-]c2nccs2)cc1.[Na+]. The first kappa shape index (κ1) is 29.3. The number of carbonyl (C=O) groups excluding carboxylic acids is 1. The van der Waals surface area contributed by atoms with E-state index < -0.39 is 10.0 Å². The van der Waals surface area contributed by atoms with Crippen LogP contribution in [0.2, 0.25) is 5.02 Å². The topological polar surface area (TPSA) is 121 Å². The molecule has 14 heteroatoms. The van der Waals surface area contributed by atoms with Crippen molar-refractivity contribution in [3.05, 3.63) is 100 Å². The monoisotopic (exact) mass is 604 g/mol. The molecule has 0 aliphatic rings. The molecule has 39 heavy (non-hydrogen) atoms. The van der Waals surface area contributed by atoms with Crippen LogP contribution in [0.15, 0.2) is 100 Å². The van der Waals surface area contributed by atoms with Gasteiger partial charge in [0.25, 0.3) is 0 Å². The zero-order valence-corrected chi connectivity index (χ0v) is 25.6. The number of carbonyl (C=O) groups is 1. The van der Waals surface area contributed by atoms with Crippen LogP contribution in [0, 0.1) is 0 Å². The van der Waals surface area contributed by atoms with Gasteiger partial charge in [0.05, 0.1) is 10.6 Å². The predicted molar refractivity (Wildman–Crippen MR) is 150 cm³/mol. The predicted octanol–water partition coefficient (Wildman–Crippen LogP) is 3.17. The number of hydrogen-bond donors (Lipinski definition) is 1. The molecule has 0 bridgehead atoms. The van der Waals surface area contributed by atoms with Crippen molar-refractivity contribution in [1.82, 2.24) is 19.7 Å². The molecule has 0 saturated carbocycles. The van der Waals surface area contributed by atoms with Crippen molar-refractivity contribution < 1.29 is 42.8 Å². The van der Waals surface area contributed by atoms with Crippen molar-refractivity contribution in [3.63, 3.8) is 0 Å². The molecule has 1 N–H and O–H groups in total. The van der Waals surface area contributed by atoms with Crippen LogP contribution in [0.25, 0.3) is 21.8 Å². The number of hydrogen-bond acceptors (Lipinski definition) is 8. The Hall–Kier alpha value is -2.71. The van der Waals surface area contributed by atoms with E-state index in [0.717, 1.165) is 22.6 Å². The summed E-state index contributed by atoms with van der Waals surface area (Å²) in [6.07, 6.45) is 1.48. The Kier molecular flexibility index (Phi) is 9.83. The number of benzene rings is 3. The summed E-state index contributed by atoms with van der Waals surface area (Å²) in [4.78, 5) is 16.6. The van der Waals surface area contributed by atoms with Gasteiger partial charge in [0, 0.05) is 27.1 Å². The van der Waals surface area contributed by atoms with E-state index in [1.165, 1.54) is 42.2 Å². The fourth-order valence-electron chi connectivity index (χ4n) is 3.44. The van der Waals surface area contributed by atoms with Gasteiger partial charge >= 0.3 is 29.6 Å². The summed E-state index contributed by atoms with van der Waals surface area (Å²) >= 11 is 8.54. The number of halogens is 1. The second kappa shape index (κ2) is 13.1. The molecule has 0 atom stereocenters. The van der Waals surface area contributed by atoms with Gasteiger partial charge in [-0.25, -0.2) is 8.42 Å². The average molecular weight is 605 g/mol. The molecule has 2 aromatic heterocycles. The fourth-order valence-corrected chi connectivity index (χ4v) is 6.05. The summed E-state index contributed by atoms with van der Waals surface area (Å²) in [7, 11) is -3.90. The van der Waals surface area contributed by atoms with Crippen LogP contribution < -0.4 is 34.9 Å². The number of para-hydroxylation sites is 1. The summed E-state index contributed by atoms with van der Waals surface area (Å²) in [5.41, 5.74) is 2.09. The Morgan fingerprint density at radius 1 is 1.03 bits per heavy atom. The number of nitrogens with one attached hydrogen (secondary N) is 1. The van der Waals surface area contributed by atoms with Crippen LogP contribution in [0.1, 0.15) is 0 Å². The Bertz CT molecular complexity index is 1670. The number of anilines is 1. The van der Waals surface area contributed by atoms with Crippen molar-refractivity contribution >= 4 is 61.4 Å². The van der Waals surface area contributed by atoms with Gasteiger partial charge in [0.15, 0.2) is 11.0 Å². The Morgan fingerprint density at radius 3 is 2.49 bits per heavy atom. The van der Waals surface area contributed by atoms with Crippen LogP contribution in [0.3, 0.4) is 0 Å². The smallest absolute Gasteiger partial charge is 0.433 e. The van der Waals surface area contributed by atoms with Gasteiger partial charge in [0.1, 0.15) is 0 Å². The van der Waals surface area contributed by atoms with E-state index in [2.05, 4.69) is 25.2 Å². The van der Waals surface area contributed by atoms with Gasteiger partial charge in [-0.3, -0.25) is 9.36 Å². The Morgan fingerprint density at radius 2 is 1.79 bits per heavy atom. The molecule has 3 aromatic carbocycles. The van der Waals surface area contributed by atoms with E-state index in [0.29, 0.717) is 21.7 Å². The van der Waals surface area contributed by atoms with E-state index in [1.54, 1.807) is 17.5 Å². The number of thioether (sulfide) groups is 1. The number of rotatable bonds is 9. The maximum Gasteiger partial charge on any atom is 1.00 e. The minimum Gasteiger partial charge on any atom is -0.433 e. The standard InChI is InChI=1S/C25H19ClN6O3S3.Na/c26-18-6-4-5-17(15-18)23-29-30-25(32(23)20-7-2-1-3-8-20)37-16-22(33)28-19-9-11-21(12-10-19)38(34,35)31-24-27-13-14-36-24;/h1-15H,16H2,(H2,27,28,31,33);/q;+1/p-1. The van der Waals surface area contributed by atoms with Crippen molar-refractivity contribution in [2.45, 2.75) is 10.1 Å². The van der Waals surface area contributed by atoms with E-state index >= 15 is 0 Å².